The fourth-order valence-electron chi connectivity index (χ4n) is 2.75. The lowest BCUT2D eigenvalue weighted by Gasteiger charge is -2.15. The van der Waals surface area contributed by atoms with E-state index >= 15 is 0 Å². The van der Waals surface area contributed by atoms with Gasteiger partial charge in [0.25, 0.3) is 5.91 Å². The lowest BCUT2D eigenvalue weighted by Crippen LogP contribution is -2.36. The number of thioether (sulfide) groups is 1. The number of anilines is 1. The number of benzene rings is 2. The molecule has 2 N–H and O–H groups in total. The normalized spacial score (nSPS) is 15.1. The smallest absolute Gasteiger partial charge is 0.337 e. The van der Waals surface area contributed by atoms with Gasteiger partial charge in [-0.2, -0.15) is 0 Å². The van der Waals surface area contributed by atoms with Crippen molar-refractivity contribution >= 4 is 57.8 Å². The van der Waals surface area contributed by atoms with Crippen LogP contribution < -0.4 is 5.32 Å². The molecule has 8 heteroatoms. The number of aryl methyl sites for hydroxylation is 1. The van der Waals surface area contributed by atoms with Crippen LogP contribution in [0.25, 0.3) is 6.08 Å². The van der Waals surface area contributed by atoms with Crippen LogP contribution in [0.3, 0.4) is 0 Å². The molecule has 1 fully saturated rings. The molecule has 0 radical (unpaired) electrons. The predicted molar refractivity (Wildman–Crippen MR) is 118 cm³/mol. The Morgan fingerprint density at radius 2 is 1.86 bits per heavy atom. The number of carboxylic acids is 1. The summed E-state index contributed by atoms with van der Waals surface area (Å²) in [4.78, 5) is 38.0. The van der Waals surface area contributed by atoms with Crippen LogP contribution in [0.4, 0.5) is 5.69 Å². The molecule has 1 heterocycles. The summed E-state index contributed by atoms with van der Waals surface area (Å²) < 4.78 is 0.285. The zero-order valence-corrected chi connectivity index (χ0v) is 17.2. The van der Waals surface area contributed by atoms with E-state index in [2.05, 4.69) is 12.2 Å². The van der Waals surface area contributed by atoms with E-state index in [-0.39, 0.29) is 28.0 Å². The van der Waals surface area contributed by atoms with Crippen molar-refractivity contribution in [2.75, 3.05) is 11.9 Å². The van der Waals surface area contributed by atoms with Gasteiger partial charge in [-0.05, 0) is 35.8 Å². The highest BCUT2D eigenvalue weighted by molar-refractivity contribution is 8.26. The van der Waals surface area contributed by atoms with Crippen LogP contribution in [0.2, 0.25) is 0 Å². The number of nitrogens with one attached hydrogen (secondary N) is 1. The molecule has 1 aliphatic heterocycles. The van der Waals surface area contributed by atoms with Crippen LogP contribution in [0.1, 0.15) is 28.4 Å². The first kappa shape index (κ1) is 20.8. The van der Waals surface area contributed by atoms with E-state index in [1.807, 2.05) is 24.3 Å². The molecule has 0 unspecified atom stereocenters. The third-order valence-electron chi connectivity index (χ3n) is 4.29. The number of carbonyl (C=O) groups excluding carboxylic acids is 2. The Hall–Kier alpha value is -2.97. The van der Waals surface area contributed by atoms with Gasteiger partial charge in [0.05, 0.1) is 16.2 Å². The Balaban J connectivity index is 1.70. The number of hydrogen-bond donors (Lipinski definition) is 2. The van der Waals surface area contributed by atoms with E-state index in [1.54, 1.807) is 18.2 Å². The van der Waals surface area contributed by atoms with Crippen molar-refractivity contribution in [3.63, 3.8) is 0 Å². The number of carboxylic acid groups (broad SMARTS) is 1. The maximum Gasteiger partial charge on any atom is 0.337 e. The monoisotopic (exact) mass is 426 g/mol. The summed E-state index contributed by atoms with van der Waals surface area (Å²) in [5.74, 6) is -2.02. The summed E-state index contributed by atoms with van der Waals surface area (Å²) in [6.07, 6.45) is 2.68. The van der Waals surface area contributed by atoms with Crippen molar-refractivity contribution in [3.05, 3.63) is 70.1 Å². The highest BCUT2D eigenvalue weighted by Gasteiger charge is 2.33. The highest BCUT2D eigenvalue weighted by Crippen LogP contribution is 2.32. The molecule has 2 aromatic carbocycles. The molecule has 0 aliphatic carbocycles. The Morgan fingerprint density at radius 1 is 1.17 bits per heavy atom. The fourth-order valence-corrected chi connectivity index (χ4v) is 4.00. The number of thiocarbonyl (C=S) groups is 1. The van der Waals surface area contributed by atoms with Crippen molar-refractivity contribution in [2.45, 2.75) is 13.3 Å². The SMILES string of the molecule is CCc1ccc(/C=C2\SC(=S)N(CC(=O)Nc3ccccc3C(=O)O)C2=O)cc1. The maximum atomic E-state index is 12.7. The highest BCUT2D eigenvalue weighted by atomic mass is 32.2. The van der Waals surface area contributed by atoms with Gasteiger partial charge in [0.2, 0.25) is 5.91 Å². The number of carbonyl (C=O) groups is 3. The van der Waals surface area contributed by atoms with Gasteiger partial charge >= 0.3 is 5.97 Å². The summed E-state index contributed by atoms with van der Waals surface area (Å²) in [5.41, 5.74) is 2.22. The van der Waals surface area contributed by atoms with Crippen molar-refractivity contribution in [3.8, 4) is 0 Å². The first-order valence-corrected chi connectivity index (χ1v) is 10.1. The van der Waals surface area contributed by atoms with Gasteiger partial charge in [-0.15, -0.1) is 0 Å². The lowest BCUT2D eigenvalue weighted by atomic mass is 10.1. The van der Waals surface area contributed by atoms with Crippen LogP contribution in [-0.2, 0) is 16.0 Å². The van der Waals surface area contributed by atoms with Crippen LogP contribution in [-0.4, -0.2) is 38.7 Å². The molecular formula is C21H18N2O4S2. The largest absolute Gasteiger partial charge is 0.478 e. The predicted octanol–water partition coefficient (Wildman–Crippen LogP) is 3.79. The first-order chi connectivity index (χ1) is 13.9. The lowest BCUT2D eigenvalue weighted by molar-refractivity contribution is -0.126. The standard InChI is InChI=1S/C21H18N2O4S2/c1-2-13-7-9-14(10-8-13)11-17-19(25)23(21(28)29-17)12-18(24)22-16-6-4-3-5-15(16)20(26)27/h3-11H,2,12H2,1H3,(H,22,24)(H,26,27)/b17-11-. The molecule has 29 heavy (non-hydrogen) atoms. The summed E-state index contributed by atoms with van der Waals surface area (Å²) in [5, 5.41) is 11.7. The number of rotatable bonds is 6. The minimum absolute atomic E-state index is 0.0262. The fraction of sp³-hybridized carbons (Fsp3) is 0.143. The van der Waals surface area contributed by atoms with Crippen molar-refractivity contribution in [1.29, 1.82) is 0 Å². The number of para-hydroxylation sites is 1. The van der Waals surface area contributed by atoms with Crippen LogP contribution in [0.5, 0.6) is 0 Å². The molecule has 1 aliphatic rings. The third-order valence-corrected chi connectivity index (χ3v) is 5.67. The molecule has 148 valence electrons. The molecule has 0 spiro atoms. The maximum absolute atomic E-state index is 12.7. The molecule has 2 amide bonds. The van der Waals surface area contributed by atoms with Crippen LogP contribution in [0, 0.1) is 0 Å². The van der Waals surface area contributed by atoms with Crippen LogP contribution in [0.15, 0.2) is 53.4 Å². The zero-order valence-electron chi connectivity index (χ0n) is 15.5. The molecule has 0 bridgehead atoms. The van der Waals surface area contributed by atoms with Crippen molar-refractivity contribution in [2.24, 2.45) is 0 Å². The van der Waals surface area contributed by atoms with E-state index in [4.69, 9.17) is 12.2 Å². The summed E-state index contributed by atoms with van der Waals surface area (Å²) in [7, 11) is 0. The Labute approximate surface area is 177 Å². The van der Waals surface area contributed by atoms with E-state index in [0.717, 1.165) is 23.7 Å². The average Bonchev–Trinajstić information content (AvgIpc) is 2.96. The van der Waals surface area contributed by atoms with Gasteiger partial charge in [-0.25, -0.2) is 4.79 Å². The zero-order chi connectivity index (χ0) is 21.0. The van der Waals surface area contributed by atoms with Crippen LogP contribution >= 0.6 is 24.0 Å². The second kappa shape index (κ2) is 9.02. The average molecular weight is 427 g/mol. The van der Waals surface area contributed by atoms with Gasteiger partial charge < -0.3 is 10.4 Å². The van der Waals surface area contributed by atoms with Crippen molar-refractivity contribution in [1.82, 2.24) is 4.90 Å². The Kier molecular flexibility index (Phi) is 6.46. The first-order valence-electron chi connectivity index (χ1n) is 8.85. The molecule has 6 nitrogen and oxygen atoms in total. The van der Waals surface area contributed by atoms with E-state index in [1.165, 1.54) is 22.6 Å². The Morgan fingerprint density at radius 3 is 2.52 bits per heavy atom. The number of hydrogen-bond acceptors (Lipinski definition) is 5. The van der Waals surface area contributed by atoms with Crippen molar-refractivity contribution < 1.29 is 19.5 Å². The minimum Gasteiger partial charge on any atom is -0.478 e. The topological polar surface area (TPSA) is 86.7 Å². The molecule has 3 rings (SSSR count). The second-order valence-corrected chi connectivity index (χ2v) is 7.94. The number of nitrogens with zero attached hydrogens (tertiary/aromatic N) is 1. The van der Waals surface area contributed by atoms with E-state index < -0.39 is 11.9 Å². The quantitative estimate of drug-likeness (QED) is 0.540. The van der Waals surface area contributed by atoms with Gasteiger partial charge in [0.15, 0.2) is 0 Å². The number of amides is 2. The molecule has 0 atom stereocenters. The molecule has 0 aromatic heterocycles. The summed E-state index contributed by atoms with van der Waals surface area (Å²) in [6.45, 7) is 1.78. The van der Waals surface area contributed by atoms with E-state index in [0.29, 0.717) is 4.91 Å². The number of aromatic carboxylic acids is 1. The molecule has 1 saturated heterocycles. The summed E-state index contributed by atoms with van der Waals surface area (Å²) >= 11 is 6.39. The van der Waals surface area contributed by atoms with Gasteiger partial charge in [-0.3, -0.25) is 14.5 Å². The minimum atomic E-state index is -1.15. The van der Waals surface area contributed by atoms with Gasteiger partial charge in [0, 0.05) is 0 Å². The Bertz CT molecular complexity index is 1020. The molecular weight excluding hydrogens is 408 g/mol. The van der Waals surface area contributed by atoms with Gasteiger partial charge in [-0.1, -0.05) is 67.3 Å². The van der Waals surface area contributed by atoms with Gasteiger partial charge in [0.1, 0.15) is 10.9 Å². The molecule has 0 saturated carbocycles. The second-order valence-electron chi connectivity index (χ2n) is 6.26. The van der Waals surface area contributed by atoms with E-state index in [9.17, 15) is 19.5 Å². The summed E-state index contributed by atoms with van der Waals surface area (Å²) in [6, 6.07) is 13.9. The molecule has 2 aromatic rings. The third kappa shape index (κ3) is 4.90.